The number of carbonyl (C=O) groups is 1. The molecule has 1 aromatic rings. The molecule has 1 unspecified atom stereocenters. The molecule has 3 rings (SSSR count). The lowest BCUT2D eigenvalue weighted by atomic mass is 10.00. The third-order valence-corrected chi connectivity index (χ3v) is 5.45. The minimum Gasteiger partial charge on any atom is -0.341 e. The highest BCUT2D eigenvalue weighted by Crippen LogP contribution is 2.29. The van der Waals surface area contributed by atoms with Gasteiger partial charge in [0.15, 0.2) is 0 Å². The Balaban J connectivity index is 1.54. The molecular formula is C18H29N3O. The van der Waals surface area contributed by atoms with Crippen molar-refractivity contribution >= 4 is 5.91 Å². The number of likely N-dealkylation sites (tertiary alicyclic amines) is 1. The molecule has 1 aliphatic carbocycles. The first kappa shape index (κ1) is 15.6. The lowest BCUT2D eigenvalue weighted by Gasteiger charge is -2.34. The second-order valence-corrected chi connectivity index (χ2v) is 6.93. The molecule has 2 fully saturated rings. The average Bonchev–Trinajstić information content (AvgIpc) is 3.23. The zero-order valence-electron chi connectivity index (χ0n) is 13.8. The fourth-order valence-corrected chi connectivity index (χ4v) is 4.14. The molecule has 22 heavy (non-hydrogen) atoms. The van der Waals surface area contributed by atoms with Crippen LogP contribution in [0.25, 0.3) is 0 Å². The molecule has 4 nitrogen and oxygen atoms in total. The number of amides is 1. The lowest BCUT2D eigenvalue weighted by Crippen LogP contribution is -2.41. The Morgan fingerprint density at radius 1 is 1.27 bits per heavy atom. The van der Waals surface area contributed by atoms with Crippen molar-refractivity contribution in [3.63, 3.8) is 0 Å². The predicted molar refractivity (Wildman–Crippen MR) is 87.6 cm³/mol. The second-order valence-electron chi connectivity index (χ2n) is 6.93. The fourth-order valence-electron chi connectivity index (χ4n) is 4.14. The Labute approximate surface area is 133 Å². The van der Waals surface area contributed by atoms with Gasteiger partial charge in [-0.05, 0) is 25.2 Å². The standard InChI is InChI=1S/C18H29N3O/c1-2-17-19-11-13-21(17)16-8-5-12-20(14-16)18(22)10-9-15-6-3-4-7-15/h11,13,15-16H,2-10,12,14H2,1H3. The summed E-state index contributed by atoms with van der Waals surface area (Å²) >= 11 is 0. The van der Waals surface area contributed by atoms with Crippen molar-refractivity contribution in [2.75, 3.05) is 13.1 Å². The molecule has 122 valence electrons. The quantitative estimate of drug-likeness (QED) is 0.834. The second kappa shape index (κ2) is 7.30. The van der Waals surface area contributed by atoms with Gasteiger partial charge in [0.05, 0.1) is 6.04 Å². The van der Waals surface area contributed by atoms with E-state index in [0.717, 1.165) is 56.9 Å². The number of rotatable bonds is 5. The van der Waals surface area contributed by atoms with Crippen LogP contribution in [0.3, 0.4) is 0 Å². The molecule has 0 radical (unpaired) electrons. The highest BCUT2D eigenvalue weighted by atomic mass is 16.2. The molecular weight excluding hydrogens is 274 g/mol. The van der Waals surface area contributed by atoms with Gasteiger partial charge in [0.1, 0.15) is 5.82 Å². The summed E-state index contributed by atoms with van der Waals surface area (Å²) in [7, 11) is 0. The maximum Gasteiger partial charge on any atom is 0.222 e. The summed E-state index contributed by atoms with van der Waals surface area (Å²) in [6.07, 6.45) is 14.5. The number of nitrogens with zero attached hydrogens (tertiary/aromatic N) is 3. The van der Waals surface area contributed by atoms with Crippen LogP contribution < -0.4 is 0 Å². The number of piperidine rings is 1. The van der Waals surface area contributed by atoms with Crippen LogP contribution in [0.1, 0.15) is 70.2 Å². The van der Waals surface area contributed by atoms with E-state index < -0.39 is 0 Å². The summed E-state index contributed by atoms with van der Waals surface area (Å²) in [5.41, 5.74) is 0. The highest BCUT2D eigenvalue weighted by Gasteiger charge is 2.26. The van der Waals surface area contributed by atoms with Crippen LogP contribution in [0.15, 0.2) is 12.4 Å². The number of hydrogen-bond donors (Lipinski definition) is 0. The van der Waals surface area contributed by atoms with Crippen LogP contribution in [-0.2, 0) is 11.2 Å². The maximum absolute atomic E-state index is 12.5. The van der Waals surface area contributed by atoms with Gasteiger partial charge >= 0.3 is 0 Å². The Morgan fingerprint density at radius 2 is 2.09 bits per heavy atom. The minimum atomic E-state index is 0.370. The monoisotopic (exact) mass is 303 g/mol. The van der Waals surface area contributed by atoms with Crippen LogP contribution in [-0.4, -0.2) is 33.4 Å². The van der Waals surface area contributed by atoms with Gasteiger partial charge in [0, 0.05) is 38.3 Å². The summed E-state index contributed by atoms with van der Waals surface area (Å²) in [5.74, 6) is 2.32. The molecule has 4 heteroatoms. The highest BCUT2D eigenvalue weighted by molar-refractivity contribution is 5.76. The number of aromatic nitrogens is 2. The third kappa shape index (κ3) is 3.53. The summed E-state index contributed by atoms with van der Waals surface area (Å²) < 4.78 is 2.29. The molecule has 1 amide bonds. The van der Waals surface area contributed by atoms with Crippen molar-refractivity contribution in [3.8, 4) is 0 Å². The van der Waals surface area contributed by atoms with Crippen LogP contribution >= 0.6 is 0 Å². The van der Waals surface area contributed by atoms with Crippen molar-refractivity contribution < 1.29 is 4.79 Å². The summed E-state index contributed by atoms with van der Waals surface area (Å²) in [5, 5.41) is 0. The first-order valence-electron chi connectivity index (χ1n) is 9.07. The summed E-state index contributed by atoms with van der Waals surface area (Å²) in [6, 6.07) is 0.418. The molecule has 0 N–H and O–H groups in total. The van der Waals surface area contributed by atoms with Crippen molar-refractivity contribution in [2.24, 2.45) is 5.92 Å². The van der Waals surface area contributed by atoms with Gasteiger partial charge in [-0.15, -0.1) is 0 Å². The van der Waals surface area contributed by atoms with E-state index in [1.165, 1.54) is 25.7 Å². The third-order valence-electron chi connectivity index (χ3n) is 5.45. The normalized spacial score (nSPS) is 23.1. The number of imidazole rings is 1. The number of carbonyl (C=O) groups excluding carboxylic acids is 1. The Morgan fingerprint density at radius 3 is 2.86 bits per heavy atom. The molecule has 0 aromatic carbocycles. The van der Waals surface area contributed by atoms with Gasteiger partial charge in [0.2, 0.25) is 5.91 Å². The van der Waals surface area contributed by atoms with Crippen LogP contribution in [0, 0.1) is 5.92 Å². The topological polar surface area (TPSA) is 38.1 Å². The molecule has 1 aliphatic heterocycles. The Kier molecular flexibility index (Phi) is 5.16. The van der Waals surface area contributed by atoms with Gasteiger partial charge in [-0.1, -0.05) is 32.6 Å². The van der Waals surface area contributed by atoms with Crippen molar-refractivity contribution in [2.45, 2.75) is 70.8 Å². The van der Waals surface area contributed by atoms with Crippen LogP contribution in [0.2, 0.25) is 0 Å². The summed E-state index contributed by atoms with van der Waals surface area (Å²) in [6.45, 7) is 3.95. The fraction of sp³-hybridized carbons (Fsp3) is 0.778. The predicted octanol–water partition coefficient (Wildman–Crippen LogP) is 3.58. The van der Waals surface area contributed by atoms with E-state index in [0.29, 0.717) is 11.9 Å². The zero-order valence-corrected chi connectivity index (χ0v) is 13.8. The largest absolute Gasteiger partial charge is 0.341 e. The van der Waals surface area contributed by atoms with Crippen LogP contribution in [0.5, 0.6) is 0 Å². The van der Waals surface area contributed by atoms with E-state index in [1.54, 1.807) is 0 Å². The molecule has 1 saturated carbocycles. The first-order valence-corrected chi connectivity index (χ1v) is 9.07. The van der Waals surface area contributed by atoms with Gasteiger partial charge < -0.3 is 9.47 Å². The van der Waals surface area contributed by atoms with Gasteiger partial charge in [-0.25, -0.2) is 4.98 Å². The van der Waals surface area contributed by atoms with E-state index in [-0.39, 0.29) is 0 Å². The SMILES string of the molecule is CCc1nccn1C1CCCN(C(=O)CCC2CCCC2)C1. The number of aryl methyl sites for hydroxylation is 1. The molecule has 1 aromatic heterocycles. The molecule has 1 saturated heterocycles. The molecule has 2 aliphatic rings. The van der Waals surface area contributed by atoms with E-state index in [9.17, 15) is 4.79 Å². The average molecular weight is 303 g/mol. The van der Waals surface area contributed by atoms with E-state index in [1.807, 2.05) is 6.20 Å². The van der Waals surface area contributed by atoms with Crippen molar-refractivity contribution in [1.82, 2.24) is 14.5 Å². The smallest absolute Gasteiger partial charge is 0.222 e. The van der Waals surface area contributed by atoms with E-state index in [2.05, 4.69) is 27.6 Å². The van der Waals surface area contributed by atoms with E-state index >= 15 is 0 Å². The van der Waals surface area contributed by atoms with Gasteiger partial charge in [-0.3, -0.25) is 4.79 Å². The number of hydrogen-bond acceptors (Lipinski definition) is 2. The minimum absolute atomic E-state index is 0.370. The molecule has 0 spiro atoms. The van der Waals surface area contributed by atoms with Crippen molar-refractivity contribution in [3.05, 3.63) is 18.2 Å². The Bertz CT molecular complexity index is 490. The summed E-state index contributed by atoms with van der Waals surface area (Å²) in [4.78, 5) is 19.1. The lowest BCUT2D eigenvalue weighted by molar-refractivity contribution is -0.133. The molecule has 1 atom stereocenters. The van der Waals surface area contributed by atoms with E-state index in [4.69, 9.17) is 0 Å². The van der Waals surface area contributed by atoms with Gasteiger partial charge in [0.25, 0.3) is 0 Å². The maximum atomic E-state index is 12.5. The molecule has 0 bridgehead atoms. The van der Waals surface area contributed by atoms with Gasteiger partial charge in [-0.2, -0.15) is 0 Å². The van der Waals surface area contributed by atoms with Crippen molar-refractivity contribution in [1.29, 1.82) is 0 Å². The van der Waals surface area contributed by atoms with Crippen LogP contribution in [0.4, 0.5) is 0 Å². The zero-order chi connectivity index (χ0) is 15.4. The molecule has 2 heterocycles. The first-order chi connectivity index (χ1) is 10.8. The Hall–Kier alpha value is -1.32.